The number of thioether (sulfide) groups is 1. The Balaban J connectivity index is 1.74. The number of fused-ring (bicyclic) bond motifs is 1. The number of carbonyl (C=O) groups excluding carboxylic acids is 1. The van der Waals surface area contributed by atoms with Crippen molar-refractivity contribution in [1.29, 1.82) is 0 Å². The number of benzene rings is 2. The minimum Gasteiger partial charge on any atom is -0.334 e. The summed E-state index contributed by atoms with van der Waals surface area (Å²) in [7, 11) is 0. The predicted molar refractivity (Wildman–Crippen MR) is 88.5 cm³/mol. The van der Waals surface area contributed by atoms with E-state index in [9.17, 15) is 4.79 Å². The lowest BCUT2D eigenvalue weighted by Gasteiger charge is -2.29. The van der Waals surface area contributed by atoms with Gasteiger partial charge in [-0.2, -0.15) is 11.8 Å². The van der Waals surface area contributed by atoms with E-state index in [1.807, 2.05) is 23.1 Å². The van der Waals surface area contributed by atoms with Crippen LogP contribution in [0.15, 0.2) is 48.5 Å². The van der Waals surface area contributed by atoms with Crippen molar-refractivity contribution in [3.05, 3.63) is 70.8 Å². The molecule has 0 N–H and O–H groups in total. The van der Waals surface area contributed by atoms with Crippen molar-refractivity contribution < 1.29 is 4.79 Å². The first kappa shape index (κ1) is 14.2. The van der Waals surface area contributed by atoms with Gasteiger partial charge < -0.3 is 4.90 Å². The maximum atomic E-state index is 12.6. The number of carbonyl (C=O) groups is 1. The van der Waals surface area contributed by atoms with Gasteiger partial charge in [0.15, 0.2) is 0 Å². The van der Waals surface area contributed by atoms with E-state index < -0.39 is 0 Å². The number of rotatable bonds is 3. The molecule has 1 aliphatic heterocycles. The molecular weight excluding hydrogens is 278 g/mol. The Morgan fingerprint density at radius 2 is 1.81 bits per heavy atom. The first-order valence-electron chi connectivity index (χ1n) is 7.22. The van der Waals surface area contributed by atoms with E-state index in [-0.39, 0.29) is 5.91 Å². The first-order chi connectivity index (χ1) is 10.3. The molecule has 1 amide bonds. The van der Waals surface area contributed by atoms with Crippen molar-refractivity contribution in [2.75, 3.05) is 12.8 Å². The van der Waals surface area contributed by atoms with Crippen LogP contribution in [0.1, 0.15) is 27.0 Å². The number of amides is 1. The smallest absolute Gasteiger partial charge is 0.254 e. The van der Waals surface area contributed by atoms with E-state index in [1.54, 1.807) is 11.8 Å². The highest BCUT2D eigenvalue weighted by Gasteiger charge is 2.21. The summed E-state index contributed by atoms with van der Waals surface area (Å²) in [4.78, 5) is 14.5. The van der Waals surface area contributed by atoms with Gasteiger partial charge in [-0.3, -0.25) is 4.79 Å². The Morgan fingerprint density at radius 1 is 1.10 bits per heavy atom. The van der Waals surface area contributed by atoms with Crippen molar-refractivity contribution in [3.8, 4) is 0 Å². The summed E-state index contributed by atoms with van der Waals surface area (Å²) in [5.41, 5.74) is 4.70. The standard InChI is InChI=1S/C18H19NOS/c1-21-13-14-6-8-16(9-7-14)18(20)19-11-10-15-4-2-3-5-17(15)12-19/h2-9H,10-13H2,1H3. The van der Waals surface area contributed by atoms with Crippen LogP contribution in [-0.2, 0) is 18.7 Å². The van der Waals surface area contributed by atoms with Crippen molar-refractivity contribution in [2.24, 2.45) is 0 Å². The summed E-state index contributed by atoms with van der Waals surface area (Å²) in [5, 5.41) is 0. The lowest BCUT2D eigenvalue weighted by molar-refractivity contribution is 0.0734. The Labute approximate surface area is 130 Å². The molecule has 2 nitrogen and oxygen atoms in total. The fourth-order valence-corrected chi connectivity index (χ4v) is 3.29. The number of hydrogen-bond acceptors (Lipinski definition) is 2. The minimum absolute atomic E-state index is 0.139. The van der Waals surface area contributed by atoms with Gasteiger partial charge in [0.25, 0.3) is 5.91 Å². The number of hydrogen-bond donors (Lipinski definition) is 0. The van der Waals surface area contributed by atoms with Crippen molar-refractivity contribution in [2.45, 2.75) is 18.7 Å². The molecule has 0 unspecified atom stereocenters. The Morgan fingerprint density at radius 3 is 2.52 bits per heavy atom. The van der Waals surface area contributed by atoms with E-state index in [0.717, 1.165) is 30.8 Å². The quantitative estimate of drug-likeness (QED) is 0.860. The van der Waals surface area contributed by atoms with Gasteiger partial charge in [0.2, 0.25) is 0 Å². The number of nitrogens with zero attached hydrogens (tertiary/aromatic N) is 1. The van der Waals surface area contributed by atoms with Crippen LogP contribution in [0.4, 0.5) is 0 Å². The van der Waals surface area contributed by atoms with Crippen LogP contribution in [0.5, 0.6) is 0 Å². The topological polar surface area (TPSA) is 20.3 Å². The fraction of sp³-hybridized carbons (Fsp3) is 0.278. The molecule has 0 spiro atoms. The second-order valence-corrected chi connectivity index (χ2v) is 6.24. The molecule has 1 heterocycles. The lowest BCUT2D eigenvalue weighted by Crippen LogP contribution is -2.35. The third-order valence-electron chi connectivity index (χ3n) is 3.93. The largest absolute Gasteiger partial charge is 0.334 e. The van der Waals surface area contributed by atoms with Gasteiger partial charge in [0.05, 0.1) is 0 Å². The maximum absolute atomic E-state index is 12.6. The summed E-state index contributed by atoms with van der Waals surface area (Å²) in [5.74, 6) is 1.13. The van der Waals surface area contributed by atoms with Gasteiger partial charge >= 0.3 is 0 Å². The average molecular weight is 297 g/mol. The molecule has 0 saturated carbocycles. The van der Waals surface area contributed by atoms with Crippen molar-refractivity contribution in [1.82, 2.24) is 4.90 Å². The highest BCUT2D eigenvalue weighted by atomic mass is 32.2. The van der Waals surface area contributed by atoms with E-state index >= 15 is 0 Å². The summed E-state index contributed by atoms with van der Waals surface area (Å²) < 4.78 is 0. The molecule has 0 bridgehead atoms. The third-order valence-corrected chi connectivity index (χ3v) is 4.55. The van der Waals surface area contributed by atoms with E-state index in [0.29, 0.717) is 0 Å². The summed E-state index contributed by atoms with van der Waals surface area (Å²) in [6.45, 7) is 1.53. The van der Waals surface area contributed by atoms with Crippen LogP contribution in [0.2, 0.25) is 0 Å². The molecule has 0 radical (unpaired) electrons. The highest BCUT2D eigenvalue weighted by molar-refractivity contribution is 7.97. The van der Waals surface area contributed by atoms with Crippen LogP contribution in [0.3, 0.4) is 0 Å². The molecule has 21 heavy (non-hydrogen) atoms. The third kappa shape index (κ3) is 3.13. The first-order valence-corrected chi connectivity index (χ1v) is 8.61. The van der Waals surface area contributed by atoms with Crippen molar-refractivity contribution >= 4 is 17.7 Å². The average Bonchev–Trinajstić information content (AvgIpc) is 2.55. The van der Waals surface area contributed by atoms with Gasteiger partial charge in [-0.15, -0.1) is 0 Å². The van der Waals surface area contributed by atoms with Crippen LogP contribution in [-0.4, -0.2) is 23.6 Å². The molecule has 2 aromatic carbocycles. The zero-order chi connectivity index (χ0) is 14.7. The molecule has 3 heteroatoms. The van der Waals surface area contributed by atoms with Crippen LogP contribution < -0.4 is 0 Å². The normalized spacial score (nSPS) is 13.9. The summed E-state index contributed by atoms with van der Waals surface area (Å²) in [6.07, 6.45) is 3.04. The van der Waals surface area contributed by atoms with Crippen LogP contribution >= 0.6 is 11.8 Å². The Hall–Kier alpha value is -1.74. The zero-order valence-corrected chi connectivity index (χ0v) is 13.0. The Kier molecular flexibility index (Phi) is 4.30. The van der Waals surface area contributed by atoms with Crippen LogP contribution in [0, 0.1) is 0 Å². The van der Waals surface area contributed by atoms with Gasteiger partial charge in [-0.1, -0.05) is 36.4 Å². The predicted octanol–water partition coefficient (Wildman–Crippen LogP) is 3.75. The van der Waals surface area contributed by atoms with E-state index in [2.05, 4.69) is 36.6 Å². The zero-order valence-electron chi connectivity index (χ0n) is 12.2. The molecule has 0 aliphatic carbocycles. The lowest BCUT2D eigenvalue weighted by atomic mass is 9.99. The molecule has 3 rings (SSSR count). The molecule has 0 atom stereocenters. The molecular formula is C18H19NOS. The highest BCUT2D eigenvalue weighted by Crippen LogP contribution is 2.20. The molecule has 1 aliphatic rings. The molecule has 2 aromatic rings. The molecule has 108 valence electrons. The maximum Gasteiger partial charge on any atom is 0.254 e. The van der Waals surface area contributed by atoms with E-state index in [4.69, 9.17) is 0 Å². The monoisotopic (exact) mass is 297 g/mol. The fourth-order valence-electron chi connectivity index (χ4n) is 2.76. The molecule has 0 fully saturated rings. The summed E-state index contributed by atoms with van der Waals surface area (Å²) >= 11 is 1.79. The second kappa shape index (κ2) is 6.35. The summed E-state index contributed by atoms with van der Waals surface area (Å²) in [6, 6.07) is 16.4. The molecule has 0 aromatic heterocycles. The SMILES string of the molecule is CSCc1ccc(C(=O)N2CCc3ccccc3C2)cc1. The second-order valence-electron chi connectivity index (χ2n) is 5.38. The van der Waals surface area contributed by atoms with E-state index in [1.165, 1.54) is 16.7 Å². The van der Waals surface area contributed by atoms with Crippen LogP contribution in [0.25, 0.3) is 0 Å². The molecule has 0 saturated heterocycles. The van der Waals surface area contributed by atoms with Gasteiger partial charge in [0, 0.05) is 24.4 Å². The van der Waals surface area contributed by atoms with Crippen molar-refractivity contribution in [3.63, 3.8) is 0 Å². The van der Waals surface area contributed by atoms with Gasteiger partial charge in [0.1, 0.15) is 0 Å². The Bertz CT molecular complexity index is 636. The van der Waals surface area contributed by atoms with Gasteiger partial charge in [-0.05, 0) is 41.5 Å². The minimum atomic E-state index is 0.139. The van der Waals surface area contributed by atoms with Gasteiger partial charge in [-0.25, -0.2) is 0 Å².